The number of aliphatic hydroxyl groups excluding tert-OH is 2. The highest BCUT2D eigenvalue weighted by Crippen LogP contribution is 2.36. The normalized spacial score (nSPS) is 24.2. The van der Waals surface area contributed by atoms with Gasteiger partial charge in [0, 0.05) is 63.4 Å². The van der Waals surface area contributed by atoms with Crippen molar-refractivity contribution in [2.45, 2.75) is 145 Å². The van der Waals surface area contributed by atoms with Crippen molar-refractivity contribution < 1.29 is 62.8 Å². The number of carbonyl (C=O) groups excluding carboxylic acids is 8. The predicted octanol–water partition coefficient (Wildman–Crippen LogP) is -0.137. The molecule has 4 aliphatic rings. The summed E-state index contributed by atoms with van der Waals surface area (Å²) in [6.07, 6.45) is 5.58. The molecule has 0 spiro atoms. The van der Waals surface area contributed by atoms with E-state index in [0.717, 1.165) is 0 Å². The number of hydrogen-bond acceptors (Lipinski definition) is 15. The summed E-state index contributed by atoms with van der Waals surface area (Å²) in [5.74, 6) is -4.35. The monoisotopic (exact) mass is 1120 g/mol. The summed E-state index contributed by atoms with van der Waals surface area (Å²) in [5.41, 5.74) is 1.14. The van der Waals surface area contributed by atoms with Crippen LogP contribution in [0.15, 0.2) is 60.7 Å². The maximum absolute atomic E-state index is 14.1. The third kappa shape index (κ3) is 17.0. The second-order valence-corrected chi connectivity index (χ2v) is 21.1. The van der Waals surface area contributed by atoms with E-state index in [1.165, 1.54) is 0 Å². The Morgan fingerprint density at radius 3 is 1.34 bits per heavy atom. The Kier molecular flexibility index (Phi) is 25.5. The lowest BCUT2D eigenvalue weighted by molar-refractivity contribution is -0.144. The van der Waals surface area contributed by atoms with Gasteiger partial charge in [0.2, 0.25) is 47.3 Å². The molecule has 442 valence electrons. The predicted molar refractivity (Wildman–Crippen MR) is 295 cm³/mol. The molecular formula is C57H86N10O13. The zero-order valence-corrected chi connectivity index (χ0v) is 46.8. The standard InChI is InChI=1S/C57H86N10O13/c1-5-43(59-4)51(71)65-49-40(35-69)19-21-42-23-25-45(67(42)57(49)77)53(73)63-47(38-16-10-7-11-17-38)55(75)61-27-13-29-79-31-33-80-32-30-78-28-12-26-60-54(74)46(37-14-8-6-9-15-37)62-52(72)44-24-22-41-20-18-39(34-68)48(56(76)66(41)44)64-50(70)36(2)58-3/h6-11,14-17,36,39-49,58-59,68-69H,5,12-13,18-35H2,1-4H3,(H,60,74)(H,61,75)(H,62,72)(H,63,73)(H,64,70)(H,65,71)/t36-,39+,40+,41-,42-,43-,44-,45-,46-,47-,48-,49-/m0/s1. The van der Waals surface area contributed by atoms with Gasteiger partial charge >= 0.3 is 0 Å². The summed E-state index contributed by atoms with van der Waals surface area (Å²) >= 11 is 0. The van der Waals surface area contributed by atoms with Crippen LogP contribution in [0.1, 0.15) is 108 Å². The van der Waals surface area contributed by atoms with Crippen LogP contribution in [-0.4, -0.2) is 196 Å². The van der Waals surface area contributed by atoms with Crippen molar-refractivity contribution in [1.29, 1.82) is 0 Å². The van der Waals surface area contributed by atoms with E-state index >= 15 is 0 Å². The van der Waals surface area contributed by atoms with Crippen LogP contribution in [0.2, 0.25) is 0 Å². The first-order valence-electron chi connectivity index (χ1n) is 28.6. The van der Waals surface area contributed by atoms with E-state index in [4.69, 9.17) is 14.2 Å². The summed E-state index contributed by atoms with van der Waals surface area (Å²) in [7, 11) is 3.30. The number of nitrogens with zero attached hydrogens (tertiary/aromatic N) is 2. The van der Waals surface area contributed by atoms with Crippen molar-refractivity contribution >= 4 is 47.3 Å². The molecule has 2 aromatic rings. The molecule has 0 unspecified atom stereocenters. The van der Waals surface area contributed by atoms with Gasteiger partial charge in [0.25, 0.3) is 0 Å². The van der Waals surface area contributed by atoms with Gasteiger partial charge in [-0.25, -0.2) is 0 Å². The number of likely N-dealkylation sites (N-methyl/N-ethyl adjacent to an activating group) is 2. The number of aliphatic hydroxyl groups is 2. The molecule has 80 heavy (non-hydrogen) atoms. The van der Waals surface area contributed by atoms with Crippen LogP contribution < -0.4 is 42.5 Å². The highest BCUT2D eigenvalue weighted by molar-refractivity contribution is 5.97. The molecule has 4 fully saturated rings. The fourth-order valence-electron chi connectivity index (χ4n) is 11.2. The molecule has 23 nitrogen and oxygen atoms in total. The fraction of sp³-hybridized carbons (Fsp3) is 0.649. The van der Waals surface area contributed by atoms with Gasteiger partial charge in [0.1, 0.15) is 36.3 Å². The summed E-state index contributed by atoms with van der Waals surface area (Å²) in [4.78, 5) is 113. The minimum Gasteiger partial charge on any atom is -0.396 e. The Morgan fingerprint density at radius 2 is 0.950 bits per heavy atom. The van der Waals surface area contributed by atoms with Crippen molar-refractivity contribution in [3.05, 3.63) is 71.8 Å². The van der Waals surface area contributed by atoms with Crippen molar-refractivity contribution in [3.8, 4) is 0 Å². The largest absolute Gasteiger partial charge is 0.396 e. The Hall–Kier alpha value is -6.08. The van der Waals surface area contributed by atoms with Crippen LogP contribution >= 0.6 is 0 Å². The summed E-state index contributed by atoms with van der Waals surface area (Å²) in [6, 6.07) is 10.4. The van der Waals surface area contributed by atoms with Crippen molar-refractivity contribution in [2.24, 2.45) is 11.8 Å². The highest BCUT2D eigenvalue weighted by atomic mass is 16.5. The van der Waals surface area contributed by atoms with Crippen LogP contribution in [0.25, 0.3) is 0 Å². The molecule has 8 amide bonds. The molecule has 0 aromatic heterocycles. The van der Waals surface area contributed by atoms with Crippen LogP contribution in [0.3, 0.4) is 0 Å². The zero-order valence-electron chi connectivity index (χ0n) is 46.8. The second kappa shape index (κ2) is 32.4. The molecule has 12 atom stereocenters. The number of ether oxygens (including phenoxy) is 3. The van der Waals surface area contributed by atoms with Gasteiger partial charge in [-0.3, -0.25) is 38.4 Å². The molecule has 2 aromatic carbocycles. The zero-order chi connectivity index (χ0) is 57.6. The molecule has 0 radical (unpaired) electrons. The minimum atomic E-state index is -1.03. The van der Waals surface area contributed by atoms with Gasteiger partial charge in [0.15, 0.2) is 0 Å². The Labute approximate surface area is 469 Å². The van der Waals surface area contributed by atoms with Gasteiger partial charge in [-0.2, -0.15) is 0 Å². The number of carbonyl (C=O) groups is 8. The van der Waals surface area contributed by atoms with Gasteiger partial charge in [-0.05, 0) is 103 Å². The number of nitrogens with one attached hydrogen (secondary N) is 8. The number of rotatable bonds is 31. The molecular weight excluding hydrogens is 1030 g/mol. The third-order valence-electron chi connectivity index (χ3n) is 15.9. The SMILES string of the molecule is CC[C@H](NC)C(=O)N[C@@H]1C(=O)N2[C@@H](CC[C@@H]1CO)CC[C@H]2C(=O)N[C@H](C(=O)NCCCOCCOCCOCCCNC(=O)[C@@H](NC(=O)[C@@H]1CC[C@@H]2CC[C@H](CO)[C@H](NC(=O)[C@H](C)NC)C(=O)N21)c1ccccc1)c1ccccc1. The van der Waals surface area contributed by atoms with Crippen LogP contribution in [0.4, 0.5) is 0 Å². The molecule has 6 rings (SSSR count). The van der Waals surface area contributed by atoms with E-state index < -0.39 is 95.6 Å². The van der Waals surface area contributed by atoms with E-state index in [9.17, 15) is 48.6 Å². The van der Waals surface area contributed by atoms with Crippen LogP contribution in [-0.2, 0) is 52.6 Å². The summed E-state index contributed by atoms with van der Waals surface area (Å²) in [6.45, 7) is 5.42. The average Bonchev–Trinajstić information content (AvgIpc) is 4.05. The van der Waals surface area contributed by atoms with E-state index in [-0.39, 0.29) is 50.2 Å². The quantitative estimate of drug-likeness (QED) is 0.0440. The second-order valence-electron chi connectivity index (χ2n) is 21.1. The number of amides is 8. The Morgan fingerprint density at radius 1 is 0.550 bits per heavy atom. The smallest absolute Gasteiger partial charge is 0.247 e. The van der Waals surface area contributed by atoms with Gasteiger partial charge in [-0.15, -0.1) is 0 Å². The van der Waals surface area contributed by atoms with Crippen LogP contribution in [0.5, 0.6) is 0 Å². The molecule has 0 bridgehead atoms. The molecule has 0 saturated carbocycles. The summed E-state index contributed by atoms with van der Waals surface area (Å²) < 4.78 is 17.1. The van der Waals surface area contributed by atoms with Gasteiger partial charge in [-0.1, -0.05) is 67.6 Å². The maximum atomic E-state index is 14.1. The average molecular weight is 1120 g/mol. The lowest BCUT2D eigenvalue weighted by Crippen LogP contribution is -2.59. The molecule has 23 heteroatoms. The maximum Gasteiger partial charge on any atom is 0.247 e. The van der Waals surface area contributed by atoms with E-state index in [1.807, 2.05) is 19.1 Å². The molecule has 0 aliphatic carbocycles. The highest BCUT2D eigenvalue weighted by Gasteiger charge is 2.50. The van der Waals surface area contributed by atoms with E-state index in [0.29, 0.717) is 121 Å². The summed E-state index contributed by atoms with van der Waals surface area (Å²) in [5, 5.41) is 43.5. The first kappa shape index (κ1) is 63.1. The number of hydrogen-bond donors (Lipinski definition) is 10. The van der Waals surface area contributed by atoms with Crippen molar-refractivity contribution in [3.63, 3.8) is 0 Å². The number of fused-ring (bicyclic) bond motifs is 2. The lowest BCUT2D eigenvalue weighted by Gasteiger charge is -2.33. The van der Waals surface area contributed by atoms with Crippen LogP contribution in [0, 0.1) is 11.8 Å². The first-order valence-corrected chi connectivity index (χ1v) is 28.6. The number of benzene rings is 2. The third-order valence-corrected chi connectivity index (χ3v) is 15.9. The fourth-order valence-corrected chi connectivity index (χ4v) is 11.2. The molecule has 4 saturated heterocycles. The Bertz CT molecular complexity index is 2330. The van der Waals surface area contributed by atoms with Gasteiger partial charge in [0.05, 0.1) is 38.5 Å². The molecule has 4 aliphatic heterocycles. The molecule has 10 N–H and O–H groups in total. The van der Waals surface area contributed by atoms with Crippen molar-refractivity contribution in [2.75, 3.05) is 80.0 Å². The van der Waals surface area contributed by atoms with Crippen molar-refractivity contribution in [1.82, 2.24) is 52.3 Å². The van der Waals surface area contributed by atoms with E-state index in [1.54, 1.807) is 79.3 Å². The van der Waals surface area contributed by atoms with Gasteiger partial charge < -0.3 is 76.8 Å². The first-order chi connectivity index (χ1) is 38.8. The Balaban J connectivity index is 0.866. The lowest BCUT2D eigenvalue weighted by atomic mass is 9.93. The van der Waals surface area contributed by atoms with E-state index in [2.05, 4.69) is 42.5 Å². The minimum absolute atomic E-state index is 0.239. The molecule has 4 heterocycles. The topological polar surface area (TPSA) is 307 Å².